The summed E-state index contributed by atoms with van der Waals surface area (Å²) < 4.78 is 27.0. The van der Waals surface area contributed by atoms with E-state index in [1.54, 1.807) is 86.9 Å². The maximum atomic E-state index is 10.7. The Morgan fingerprint density at radius 1 is 0.444 bits per heavy atom. The number of carbonyl (C=O) groups is 1. The maximum Gasteiger partial charge on any atom is 0.213 e. The molecule has 0 radical (unpaired) electrons. The van der Waals surface area contributed by atoms with E-state index >= 15 is 0 Å². The van der Waals surface area contributed by atoms with Crippen molar-refractivity contribution < 1.29 is 28.5 Å². The van der Waals surface area contributed by atoms with Gasteiger partial charge in [0.25, 0.3) is 0 Å². The first-order valence-electron chi connectivity index (χ1n) is 23.0. The van der Waals surface area contributed by atoms with Crippen molar-refractivity contribution in [2.75, 3.05) is 97.6 Å². The van der Waals surface area contributed by atoms with Gasteiger partial charge < -0.3 is 35.2 Å². The van der Waals surface area contributed by atoms with Crippen LogP contribution >= 0.6 is 0 Å². The molecule has 72 heavy (non-hydrogen) atoms. The van der Waals surface area contributed by atoms with Gasteiger partial charge in [-0.3, -0.25) is 29.7 Å². The Balaban J connectivity index is 0.000000276. The highest BCUT2D eigenvalue weighted by atomic mass is 16.5. The highest BCUT2D eigenvalue weighted by Gasteiger charge is 1.99. The van der Waals surface area contributed by atoms with Gasteiger partial charge in [0.05, 0.1) is 121 Å². The number of aliphatic imine (C=N–C) groups is 6. The van der Waals surface area contributed by atoms with Crippen LogP contribution in [0.1, 0.15) is 51.6 Å². The molecule has 20 nitrogen and oxygen atoms in total. The fourth-order valence-corrected chi connectivity index (χ4v) is 5.51. The number of aromatic nitrogens is 6. The van der Waals surface area contributed by atoms with Crippen LogP contribution in [0.25, 0.3) is 0 Å². The van der Waals surface area contributed by atoms with Crippen molar-refractivity contribution in [1.29, 1.82) is 0 Å². The topological polar surface area (TPSA) is 267 Å². The molecule has 0 spiro atoms. The van der Waals surface area contributed by atoms with Crippen molar-refractivity contribution in [2.45, 2.75) is 13.8 Å². The smallest absolute Gasteiger partial charge is 0.213 e. The summed E-state index contributed by atoms with van der Waals surface area (Å²) in [4.78, 5) is 61.7. The summed E-state index contributed by atoms with van der Waals surface area (Å²) in [6, 6.07) is 32.9. The standard InChI is InChI=1S/C27H31N7O2.C20H24N4O4.C5H7N3/c1-3-30-26-11-6-12-27(34-26)31-21-25-10-5-9-24(33-25)20-29-14-16-36-18-17-35-15-13-28-19-23-8-4-7-22(2)32-23;1-26-20-7-3-5-18(24-20)15-22-9-11-28-13-12-27-10-8-21-14-17-4-2-6-19(16-25)23-17;6-4-2-1-3-5(7)8-4/h3-12,19-21H,13-18H2,1-2H3;2-7,14-16H,8-13H2,1H3;1-3H,(H4,6,7,8). The van der Waals surface area contributed by atoms with Gasteiger partial charge in [-0.05, 0) is 80.6 Å². The van der Waals surface area contributed by atoms with Crippen molar-refractivity contribution in [3.05, 3.63) is 149 Å². The molecule has 0 aromatic carbocycles. The molecule has 0 atom stereocenters. The summed E-state index contributed by atoms with van der Waals surface area (Å²) in [5.41, 5.74) is 15.6. The van der Waals surface area contributed by atoms with E-state index in [0.29, 0.717) is 126 Å². The van der Waals surface area contributed by atoms with E-state index in [1.807, 2.05) is 80.6 Å². The van der Waals surface area contributed by atoms with Crippen LogP contribution in [-0.2, 0) is 18.9 Å². The van der Waals surface area contributed by atoms with Crippen LogP contribution in [-0.4, -0.2) is 160 Å². The quantitative estimate of drug-likeness (QED) is 0.0324. The summed E-state index contributed by atoms with van der Waals surface area (Å²) in [5.74, 6) is 2.69. The lowest BCUT2D eigenvalue weighted by Gasteiger charge is -2.03. The lowest BCUT2D eigenvalue weighted by molar-refractivity contribution is 0.0541. The minimum Gasteiger partial charge on any atom is -0.481 e. The van der Waals surface area contributed by atoms with E-state index in [2.05, 4.69) is 59.9 Å². The Morgan fingerprint density at radius 3 is 1.31 bits per heavy atom. The number of aryl methyl sites for hydroxylation is 1. The number of nitrogens with zero attached hydrogens (tertiary/aromatic N) is 12. The minimum atomic E-state index is 0.390. The molecular weight excluding hydrogens is 917 g/mol. The van der Waals surface area contributed by atoms with Crippen LogP contribution in [0, 0.1) is 6.92 Å². The number of ether oxygens (including phenoxy) is 5. The Kier molecular flexibility index (Phi) is 28.1. The second-order valence-corrected chi connectivity index (χ2v) is 14.5. The molecule has 0 fully saturated rings. The lowest BCUT2D eigenvalue weighted by Crippen LogP contribution is -2.09. The molecule has 0 aliphatic rings. The van der Waals surface area contributed by atoms with Gasteiger partial charge in [0.1, 0.15) is 17.3 Å². The first-order valence-corrected chi connectivity index (χ1v) is 23.0. The van der Waals surface area contributed by atoms with Gasteiger partial charge in [-0.25, -0.2) is 34.9 Å². The molecule has 6 rings (SSSR count). The normalized spacial score (nSPS) is 11.4. The van der Waals surface area contributed by atoms with Gasteiger partial charge in [-0.2, -0.15) is 0 Å². The number of carbonyl (C=O) groups excluding carboxylic acids is 1. The van der Waals surface area contributed by atoms with Crippen molar-refractivity contribution in [1.82, 2.24) is 29.9 Å². The van der Waals surface area contributed by atoms with Crippen molar-refractivity contribution in [3.63, 3.8) is 0 Å². The highest BCUT2D eigenvalue weighted by molar-refractivity contribution is 5.83. The third-order valence-corrected chi connectivity index (χ3v) is 8.77. The molecule has 6 aromatic heterocycles. The van der Waals surface area contributed by atoms with Gasteiger partial charge in [0, 0.05) is 42.8 Å². The second kappa shape index (κ2) is 35.9. The van der Waals surface area contributed by atoms with Crippen LogP contribution in [0.15, 0.2) is 139 Å². The fraction of sp³-hybridized carbons (Fsp3) is 0.288. The predicted molar refractivity (Wildman–Crippen MR) is 285 cm³/mol. The zero-order valence-electron chi connectivity index (χ0n) is 40.9. The molecule has 6 heterocycles. The molecule has 0 unspecified atom stereocenters. The SMILES string of the molecule is CC=Nc1cccc(N=Cc2cccc(C=NCCOCCOCCN=Cc3cccc(C)n3)n2)n1.COc1cccc(C=NCCOCCOCCN=Cc2cccc(C=O)n2)n1.Nc1cccc(N)n1. The molecule has 0 bridgehead atoms. The number of aldehydes is 1. The molecule has 6 aromatic rings. The van der Waals surface area contributed by atoms with Crippen molar-refractivity contribution >= 4 is 66.8 Å². The molecular formula is C52H62N14O6. The first kappa shape index (κ1) is 56.4. The van der Waals surface area contributed by atoms with E-state index in [1.165, 1.54) is 0 Å². The van der Waals surface area contributed by atoms with Gasteiger partial charge in [-0.1, -0.05) is 36.4 Å². The third kappa shape index (κ3) is 26.0. The average Bonchev–Trinajstić information content (AvgIpc) is 3.39. The van der Waals surface area contributed by atoms with E-state index in [-0.39, 0.29) is 0 Å². The van der Waals surface area contributed by atoms with Crippen LogP contribution in [0.3, 0.4) is 0 Å². The molecule has 0 saturated heterocycles. The average molecular weight is 979 g/mol. The zero-order chi connectivity index (χ0) is 51.1. The number of methoxy groups -OCH3 is 1. The van der Waals surface area contributed by atoms with E-state index < -0.39 is 0 Å². The molecule has 0 aliphatic heterocycles. The van der Waals surface area contributed by atoms with Crippen molar-refractivity contribution in [3.8, 4) is 5.88 Å². The van der Waals surface area contributed by atoms with Gasteiger partial charge in [-0.15, -0.1) is 0 Å². The number of hydrogen-bond donors (Lipinski definition) is 2. The first-order chi connectivity index (χ1) is 35.3. The number of nitrogens with two attached hydrogens (primary N) is 2. The van der Waals surface area contributed by atoms with Gasteiger partial charge in [0.2, 0.25) is 5.88 Å². The summed E-state index contributed by atoms with van der Waals surface area (Å²) >= 11 is 0. The largest absolute Gasteiger partial charge is 0.481 e. The molecule has 20 heteroatoms. The zero-order valence-corrected chi connectivity index (χ0v) is 40.9. The Labute approximate surface area is 420 Å². The molecule has 376 valence electrons. The highest BCUT2D eigenvalue weighted by Crippen LogP contribution is 2.14. The Hall–Kier alpha value is -8.17. The summed E-state index contributed by atoms with van der Waals surface area (Å²) in [6.07, 6.45) is 10.9. The number of nitrogen functional groups attached to an aromatic ring is 2. The van der Waals surface area contributed by atoms with Crippen LogP contribution in [0.2, 0.25) is 0 Å². The van der Waals surface area contributed by atoms with Crippen molar-refractivity contribution in [2.24, 2.45) is 30.0 Å². The molecule has 0 aliphatic carbocycles. The number of rotatable bonds is 27. The summed E-state index contributed by atoms with van der Waals surface area (Å²) in [5, 5.41) is 0. The molecule has 0 saturated carbocycles. The summed E-state index contributed by atoms with van der Waals surface area (Å²) in [7, 11) is 1.58. The monoisotopic (exact) mass is 978 g/mol. The van der Waals surface area contributed by atoms with E-state index in [4.69, 9.17) is 35.2 Å². The lowest BCUT2D eigenvalue weighted by atomic mass is 10.3. The van der Waals surface area contributed by atoms with Gasteiger partial charge >= 0.3 is 0 Å². The van der Waals surface area contributed by atoms with Crippen LogP contribution in [0.4, 0.5) is 23.3 Å². The predicted octanol–water partition coefficient (Wildman–Crippen LogP) is 6.34. The maximum absolute atomic E-state index is 10.7. The van der Waals surface area contributed by atoms with Crippen LogP contribution in [0.5, 0.6) is 5.88 Å². The fourth-order valence-electron chi connectivity index (χ4n) is 5.51. The number of hydrogen-bond acceptors (Lipinski definition) is 20. The Morgan fingerprint density at radius 2 is 0.847 bits per heavy atom. The number of pyridine rings is 6. The third-order valence-electron chi connectivity index (χ3n) is 8.77. The second-order valence-electron chi connectivity index (χ2n) is 14.5. The van der Waals surface area contributed by atoms with E-state index in [9.17, 15) is 4.79 Å². The minimum absolute atomic E-state index is 0.390. The molecule has 0 amide bonds. The Bertz CT molecular complexity index is 2650. The van der Waals surface area contributed by atoms with Gasteiger partial charge in [0.15, 0.2) is 17.9 Å². The van der Waals surface area contributed by atoms with Crippen LogP contribution < -0.4 is 16.2 Å². The summed E-state index contributed by atoms with van der Waals surface area (Å²) in [6.45, 7) is 10.1. The molecule has 4 N–H and O–H groups in total. The number of anilines is 2. The van der Waals surface area contributed by atoms with E-state index in [0.717, 1.165) is 28.5 Å².